The van der Waals surface area contributed by atoms with E-state index in [9.17, 15) is 9.90 Å². The van der Waals surface area contributed by atoms with E-state index in [4.69, 9.17) is 15.2 Å². The second kappa shape index (κ2) is 5.71. The molecule has 0 bridgehead atoms. The molecule has 3 N–H and O–H groups in total. The summed E-state index contributed by atoms with van der Waals surface area (Å²) in [6.07, 6.45) is 1.69. The van der Waals surface area contributed by atoms with Gasteiger partial charge in [-0.25, -0.2) is 4.79 Å². The normalized spacial score (nSPS) is 17.4. The van der Waals surface area contributed by atoms with E-state index in [1.807, 2.05) is 13.8 Å². The predicted molar refractivity (Wildman–Crippen MR) is 75.0 cm³/mol. The van der Waals surface area contributed by atoms with Crippen molar-refractivity contribution < 1.29 is 19.4 Å². The van der Waals surface area contributed by atoms with Gasteiger partial charge in [-0.05, 0) is 50.3 Å². The summed E-state index contributed by atoms with van der Waals surface area (Å²) >= 11 is 0. The topological polar surface area (TPSA) is 81.8 Å². The van der Waals surface area contributed by atoms with Crippen molar-refractivity contribution in [2.75, 3.05) is 13.2 Å². The smallest absolute Gasteiger partial charge is 0.328 e. The van der Waals surface area contributed by atoms with Gasteiger partial charge in [0.25, 0.3) is 0 Å². The summed E-state index contributed by atoms with van der Waals surface area (Å²) in [6.45, 7) is 4.76. The van der Waals surface area contributed by atoms with E-state index in [1.165, 1.54) is 0 Å². The highest BCUT2D eigenvalue weighted by atomic mass is 16.5. The summed E-state index contributed by atoms with van der Waals surface area (Å²) in [5, 5.41) is 9.49. The van der Waals surface area contributed by atoms with Crippen molar-refractivity contribution in [2.24, 2.45) is 11.7 Å². The zero-order valence-electron chi connectivity index (χ0n) is 11.9. The zero-order chi connectivity index (χ0) is 14.8. The first-order valence-electron chi connectivity index (χ1n) is 6.96. The highest BCUT2D eigenvalue weighted by Crippen LogP contribution is 2.45. The first-order valence-corrected chi connectivity index (χ1v) is 6.96. The average Bonchev–Trinajstić information content (AvgIpc) is 3.24. The monoisotopic (exact) mass is 279 g/mol. The lowest BCUT2D eigenvalue weighted by molar-refractivity contribution is -0.144. The van der Waals surface area contributed by atoms with E-state index in [-0.39, 0.29) is 5.92 Å². The van der Waals surface area contributed by atoms with Gasteiger partial charge in [0.15, 0.2) is 11.5 Å². The van der Waals surface area contributed by atoms with Crippen LogP contribution >= 0.6 is 0 Å². The van der Waals surface area contributed by atoms with Crippen LogP contribution in [0.25, 0.3) is 0 Å². The van der Waals surface area contributed by atoms with Crippen molar-refractivity contribution >= 4 is 5.97 Å². The molecule has 0 saturated heterocycles. The molecule has 1 fully saturated rings. The Morgan fingerprint density at radius 1 is 1.30 bits per heavy atom. The van der Waals surface area contributed by atoms with Crippen molar-refractivity contribution in [3.63, 3.8) is 0 Å². The molecule has 110 valence electrons. The largest absolute Gasteiger partial charge is 0.490 e. The summed E-state index contributed by atoms with van der Waals surface area (Å²) in [7, 11) is 0. The lowest BCUT2D eigenvalue weighted by atomic mass is 9.86. The second-order valence-corrected chi connectivity index (χ2v) is 4.98. The van der Waals surface area contributed by atoms with Crippen molar-refractivity contribution in [1.29, 1.82) is 0 Å². The molecule has 0 aliphatic heterocycles. The molecule has 2 rings (SSSR count). The van der Waals surface area contributed by atoms with Gasteiger partial charge in [-0.3, -0.25) is 0 Å². The standard InChI is InChI=1S/C15H21NO4/c1-3-19-12-8-7-11(9-13(12)20-4-2)15(16,14(17)18)10-5-6-10/h7-10H,3-6,16H2,1-2H3,(H,17,18). The maximum absolute atomic E-state index is 11.6. The minimum atomic E-state index is -1.34. The summed E-state index contributed by atoms with van der Waals surface area (Å²) in [6, 6.07) is 5.15. The number of carboxylic acids is 1. The summed E-state index contributed by atoms with van der Waals surface area (Å²) in [5.74, 6) is 0.157. The van der Waals surface area contributed by atoms with Gasteiger partial charge in [-0.15, -0.1) is 0 Å². The number of carbonyl (C=O) groups is 1. The maximum atomic E-state index is 11.6. The van der Waals surface area contributed by atoms with Crippen molar-refractivity contribution in [3.05, 3.63) is 23.8 Å². The van der Waals surface area contributed by atoms with Crippen LogP contribution < -0.4 is 15.2 Å². The fourth-order valence-corrected chi connectivity index (χ4v) is 2.38. The summed E-state index contributed by atoms with van der Waals surface area (Å²) < 4.78 is 11.0. The van der Waals surface area contributed by atoms with Crippen molar-refractivity contribution in [2.45, 2.75) is 32.2 Å². The lowest BCUT2D eigenvalue weighted by Crippen LogP contribution is -2.47. The molecule has 1 aliphatic carbocycles. The molecule has 1 aliphatic rings. The Labute approximate surface area is 118 Å². The molecule has 0 amide bonds. The molecule has 1 aromatic rings. The SMILES string of the molecule is CCOc1ccc(C(N)(C(=O)O)C2CC2)cc1OCC. The van der Waals surface area contributed by atoms with Crippen molar-refractivity contribution in [1.82, 2.24) is 0 Å². The van der Waals surface area contributed by atoms with E-state index in [2.05, 4.69) is 0 Å². The fraction of sp³-hybridized carbons (Fsp3) is 0.533. The Kier molecular flexibility index (Phi) is 4.18. The molecule has 20 heavy (non-hydrogen) atoms. The molecule has 0 spiro atoms. The van der Waals surface area contributed by atoms with Crippen LogP contribution in [0.1, 0.15) is 32.3 Å². The maximum Gasteiger partial charge on any atom is 0.328 e. The third kappa shape index (κ3) is 2.58. The Balaban J connectivity index is 2.41. The number of carboxylic acid groups (broad SMARTS) is 1. The van der Waals surface area contributed by atoms with Gasteiger partial charge in [0, 0.05) is 0 Å². The third-order valence-corrected chi connectivity index (χ3v) is 3.60. The lowest BCUT2D eigenvalue weighted by Gasteiger charge is -2.26. The van der Waals surface area contributed by atoms with E-state index >= 15 is 0 Å². The average molecular weight is 279 g/mol. The van der Waals surface area contributed by atoms with Gasteiger partial charge in [-0.1, -0.05) is 6.07 Å². The van der Waals surface area contributed by atoms with Crippen LogP contribution in [-0.2, 0) is 10.3 Å². The molecule has 1 saturated carbocycles. The Bertz CT molecular complexity index is 499. The van der Waals surface area contributed by atoms with Crippen LogP contribution in [-0.4, -0.2) is 24.3 Å². The number of nitrogens with two attached hydrogens (primary N) is 1. The molecule has 1 aromatic carbocycles. The Morgan fingerprint density at radius 2 is 1.90 bits per heavy atom. The highest BCUT2D eigenvalue weighted by Gasteiger charge is 2.49. The molecule has 1 atom stereocenters. The van der Waals surface area contributed by atoms with Gasteiger partial charge in [0.1, 0.15) is 5.54 Å². The third-order valence-electron chi connectivity index (χ3n) is 3.60. The number of ether oxygens (including phenoxy) is 2. The van der Waals surface area contributed by atoms with Crippen LogP contribution in [0.15, 0.2) is 18.2 Å². The van der Waals surface area contributed by atoms with Gasteiger partial charge < -0.3 is 20.3 Å². The molecular formula is C15H21NO4. The van der Waals surface area contributed by atoms with Gasteiger partial charge in [0.2, 0.25) is 0 Å². The minimum absolute atomic E-state index is 0.00702. The number of benzene rings is 1. The van der Waals surface area contributed by atoms with Gasteiger partial charge in [0.05, 0.1) is 13.2 Å². The number of hydrogen-bond acceptors (Lipinski definition) is 4. The first kappa shape index (κ1) is 14.7. The first-order chi connectivity index (χ1) is 9.53. The number of aliphatic carboxylic acids is 1. The fourth-order valence-electron chi connectivity index (χ4n) is 2.38. The second-order valence-electron chi connectivity index (χ2n) is 4.98. The van der Waals surface area contributed by atoms with E-state index in [0.29, 0.717) is 30.3 Å². The molecule has 1 unspecified atom stereocenters. The number of hydrogen-bond donors (Lipinski definition) is 2. The van der Waals surface area contributed by atoms with Crippen LogP contribution in [0, 0.1) is 5.92 Å². The molecule has 0 aromatic heterocycles. The molecular weight excluding hydrogens is 258 g/mol. The summed E-state index contributed by atoms with van der Waals surface area (Å²) in [5.41, 5.74) is 5.39. The van der Waals surface area contributed by atoms with E-state index in [1.54, 1.807) is 18.2 Å². The predicted octanol–water partition coefficient (Wildman–Crippen LogP) is 2.13. The van der Waals surface area contributed by atoms with Crippen molar-refractivity contribution in [3.8, 4) is 11.5 Å². The molecule has 0 radical (unpaired) electrons. The number of rotatable bonds is 7. The van der Waals surface area contributed by atoms with Crippen LogP contribution in [0.3, 0.4) is 0 Å². The highest BCUT2D eigenvalue weighted by molar-refractivity contribution is 5.82. The molecule has 5 heteroatoms. The van der Waals surface area contributed by atoms with E-state index < -0.39 is 11.5 Å². The Morgan fingerprint density at radius 3 is 2.40 bits per heavy atom. The molecule has 5 nitrogen and oxygen atoms in total. The van der Waals surface area contributed by atoms with Gasteiger partial charge >= 0.3 is 5.97 Å². The minimum Gasteiger partial charge on any atom is -0.490 e. The summed E-state index contributed by atoms with van der Waals surface area (Å²) in [4.78, 5) is 11.6. The van der Waals surface area contributed by atoms with Crippen LogP contribution in [0.2, 0.25) is 0 Å². The molecule has 0 heterocycles. The quantitative estimate of drug-likeness (QED) is 0.799. The van der Waals surface area contributed by atoms with E-state index in [0.717, 1.165) is 12.8 Å². The zero-order valence-corrected chi connectivity index (χ0v) is 11.9. The van der Waals surface area contributed by atoms with Crippen LogP contribution in [0.5, 0.6) is 11.5 Å². The van der Waals surface area contributed by atoms with Gasteiger partial charge in [-0.2, -0.15) is 0 Å². The van der Waals surface area contributed by atoms with Crippen LogP contribution in [0.4, 0.5) is 0 Å². The Hall–Kier alpha value is -1.75.